The molecule has 0 aliphatic carbocycles. The van der Waals surface area contributed by atoms with Crippen LogP contribution in [0.5, 0.6) is 0 Å². The number of sulfonamides is 1. The van der Waals surface area contributed by atoms with Crippen molar-refractivity contribution in [3.05, 3.63) is 58.3 Å². The molecule has 1 unspecified atom stereocenters. The number of benzene rings is 2. The van der Waals surface area contributed by atoms with E-state index in [0.717, 1.165) is 26.9 Å². The molecule has 202 valence electrons. The zero-order valence-corrected chi connectivity index (χ0v) is 22.6. The summed E-state index contributed by atoms with van der Waals surface area (Å²) in [5, 5.41) is 51.0. The number of hydrogen-bond acceptors (Lipinski definition) is 10. The van der Waals surface area contributed by atoms with E-state index in [-0.39, 0.29) is 5.57 Å². The molecule has 1 saturated heterocycles. The Balaban J connectivity index is 1.55. The van der Waals surface area contributed by atoms with Crippen molar-refractivity contribution < 1.29 is 33.6 Å². The maximum Gasteiger partial charge on any atom is 0.251 e. The van der Waals surface area contributed by atoms with Crippen molar-refractivity contribution >= 4 is 43.4 Å². The summed E-state index contributed by atoms with van der Waals surface area (Å²) in [6, 6.07) is 17.6. The zero-order chi connectivity index (χ0) is 27.8. The summed E-state index contributed by atoms with van der Waals surface area (Å²) in [6.07, 6.45) is -8.25. The first-order chi connectivity index (χ1) is 17.9. The molecule has 38 heavy (non-hydrogen) atoms. The summed E-state index contributed by atoms with van der Waals surface area (Å²) >= 11 is 1.35. The van der Waals surface area contributed by atoms with Gasteiger partial charge in [0.2, 0.25) is 0 Å². The first-order valence-corrected chi connectivity index (χ1v) is 14.0. The SMILES string of the molecule is C/C(=C(/C#N)S(=O)(=O)NC[C@H]1OC(O)[C@H](O)[C@@H](O)[C@@H]1O)c1ccc(-c2ccc3cc(N(C)C)ccc3c2)s1. The smallest absolute Gasteiger partial charge is 0.251 e. The third-order valence-corrected chi connectivity index (χ3v) is 9.21. The largest absolute Gasteiger partial charge is 0.388 e. The van der Waals surface area contributed by atoms with Gasteiger partial charge in [-0.15, -0.1) is 11.3 Å². The fraction of sp³-hybridized carbons (Fsp3) is 0.346. The topological polar surface area (TPSA) is 163 Å². The Labute approximate surface area is 224 Å². The zero-order valence-electron chi connectivity index (χ0n) is 20.9. The number of allylic oxidation sites excluding steroid dienone is 2. The molecule has 2 aromatic carbocycles. The Kier molecular flexibility index (Phi) is 8.22. The number of thiophene rings is 1. The lowest BCUT2D eigenvalue weighted by Gasteiger charge is -2.38. The second kappa shape index (κ2) is 11.1. The predicted molar refractivity (Wildman–Crippen MR) is 146 cm³/mol. The first kappa shape index (κ1) is 28.2. The van der Waals surface area contributed by atoms with Gasteiger partial charge in [-0.3, -0.25) is 0 Å². The quantitative estimate of drug-likeness (QED) is 0.271. The average Bonchev–Trinajstić information content (AvgIpc) is 3.39. The molecular formula is C26H29N3O7S2. The van der Waals surface area contributed by atoms with Crippen molar-refractivity contribution in [2.75, 3.05) is 25.5 Å². The second-order valence-corrected chi connectivity index (χ2v) is 12.0. The molecule has 0 amide bonds. The molecule has 0 radical (unpaired) electrons. The number of nitrogens with one attached hydrogen (secondary N) is 1. The molecule has 1 fully saturated rings. The van der Waals surface area contributed by atoms with E-state index >= 15 is 0 Å². The lowest BCUT2D eigenvalue weighted by molar-refractivity contribution is -0.279. The van der Waals surface area contributed by atoms with Crippen LogP contribution in [0.4, 0.5) is 5.69 Å². The van der Waals surface area contributed by atoms with Crippen LogP contribution in [0, 0.1) is 11.3 Å². The summed E-state index contributed by atoms with van der Waals surface area (Å²) in [4.78, 5) is 3.02. The van der Waals surface area contributed by atoms with Crippen molar-refractivity contribution in [2.24, 2.45) is 0 Å². The highest BCUT2D eigenvalue weighted by Gasteiger charge is 2.43. The molecule has 5 atom stereocenters. The van der Waals surface area contributed by atoms with E-state index in [4.69, 9.17) is 4.74 Å². The maximum absolute atomic E-state index is 12.9. The highest BCUT2D eigenvalue weighted by atomic mass is 32.2. The third kappa shape index (κ3) is 5.61. The van der Waals surface area contributed by atoms with Gasteiger partial charge < -0.3 is 30.1 Å². The number of aliphatic hydroxyl groups is 4. The Bertz CT molecular complexity index is 1510. The van der Waals surface area contributed by atoms with Crippen LogP contribution in [0.2, 0.25) is 0 Å². The molecular weight excluding hydrogens is 530 g/mol. The van der Waals surface area contributed by atoms with Gasteiger partial charge in [-0.2, -0.15) is 5.26 Å². The number of ether oxygens (including phenoxy) is 1. The van der Waals surface area contributed by atoms with E-state index in [0.29, 0.717) is 4.88 Å². The summed E-state index contributed by atoms with van der Waals surface area (Å²) in [5.74, 6) is 0. The molecule has 2 heterocycles. The van der Waals surface area contributed by atoms with Crippen LogP contribution < -0.4 is 9.62 Å². The number of hydrogen-bond donors (Lipinski definition) is 5. The molecule has 0 saturated carbocycles. The number of nitriles is 1. The monoisotopic (exact) mass is 559 g/mol. The van der Waals surface area contributed by atoms with Crippen LogP contribution in [0.25, 0.3) is 26.8 Å². The number of aliphatic hydroxyl groups excluding tert-OH is 4. The minimum atomic E-state index is -4.33. The van der Waals surface area contributed by atoms with Gasteiger partial charge in [0, 0.05) is 36.1 Å². The van der Waals surface area contributed by atoms with Crippen molar-refractivity contribution in [1.29, 1.82) is 5.26 Å². The van der Waals surface area contributed by atoms with Crippen LogP contribution in [-0.4, -0.2) is 80.2 Å². The van der Waals surface area contributed by atoms with Crippen LogP contribution in [0.3, 0.4) is 0 Å². The number of nitrogens with zero attached hydrogens (tertiary/aromatic N) is 2. The summed E-state index contributed by atoms with van der Waals surface area (Å²) in [5.41, 5.74) is 2.30. The molecule has 4 rings (SSSR count). The lowest BCUT2D eigenvalue weighted by Crippen LogP contribution is -2.59. The molecule has 0 spiro atoms. The van der Waals surface area contributed by atoms with Gasteiger partial charge in [-0.25, -0.2) is 13.1 Å². The standard InChI is InChI=1S/C26H29N3O7S2/c1-14(22(12-27)38(34,35)28-13-19-23(30)24(31)25(32)26(33)36-19)20-8-9-21(37-20)17-5-4-16-11-18(29(2)3)7-6-15(16)10-17/h4-11,19,23-26,28,30-33H,13H2,1-3H3/b22-14+/t19-,23-,24+,25-,26?/m1/s1. The molecule has 10 nitrogen and oxygen atoms in total. The van der Waals surface area contributed by atoms with E-state index < -0.39 is 52.2 Å². The Morgan fingerprint density at radius 2 is 1.71 bits per heavy atom. The molecule has 1 aliphatic heterocycles. The van der Waals surface area contributed by atoms with Crippen molar-refractivity contribution in [3.63, 3.8) is 0 Å². The number of anilines is 1. The molecule has 0 bridgehead atoms. The van der Waals surface area contributed by atoms with Crippen LogP contribution >= 0.6 is 11.3 Å². The highest BCUT2D eigenvalue weighted by molar-refractivity contribution is 7.93. The Hall–Kier alpha value is -2.86. The van der Waals surface area contributed by atoms with Gasteiger partial charge in [0.05, 0.1) is 0 Å². The predicted octanol–water partition coefficient (Wildman–Crippen LogP) is 1.61. The normalized spacial score (nSPS) is 24.6. The summed E-state index contributed by atoms with van der Waals surface area (Å²) < 4.78 is 33.1. The second-order valence-electron chi connectivity index (χ2n) is 9.26. The van der Waals surface area contributed by atoms with Gasteiger partial charge in [0.15, 0.2) is 11.2 Å². The van der Waals surface area contributed by atoms with Crippen molar-refractivity contribution in [1.82, 2.24) is 4.72 Å². The van der Waals surface area contributed by atoms with Crippen LogP contribution in [0.1, 0.15) is 11.8 Å². The minimum absolute atomic E-state index is 0.244. The Morgan fingerprint density at radius 1 is 1.03 bits per heavy atom. The number of rotatable bonds is 7. The van der Waals surface area contributed by atoms with E-state index in [1.807, 2.05) is 49.3 Å². The molecule has 3 aromatic rings. The van der Waals surface area contributed by atoms with Crippen LogP contribution in [0.15, 0.2) is 53.4 Å². The minimum Gasteiger partial charge on any atom is -0.388 e. The maximum atomic E-state index is 12.9. The first-order valence-electron chi connectivity index (χ1n) is 11.7. The van der Waals surface area contributed by atoms with Crippen molar-refractivity contribution in [3.8, 4) is 16.5 Å². The average molecular weight is 560 g/mol. The van der Waals surface area contributed by atoms with Gasteiger partial charge in [-0.1, -0.05) is 18.2 Å². The lowest BCUT2D eigenvalue weighted by atomic mass is 9.99. The third-order valence-electron chi connectivity index (χ3n) is 6.47. The molecule has 5 N–H and O–H groups in total. The van der Waals surface area contributed by atoms with Crippen LogP contribution in [-0.2, 0) is 14.8 Å². The van der Waals surface area contributed by atoms with E-state index in [1.54, 1.807) is 12.1 Å². The fourth-order valence-electron chi connectivity index (χ4n) is 4.18. The van der Waals surface area contributed by atoms with E-state index in [1.165, 1.54) is 18.3 Å². The fourth-order valence-corrected chi connectivity index (χ4v) is 6.42. The van der Waals surface area contributed by atoms with E-state index in [2.05, 4.69) is 16.9 Å². The number of fused-ring (bicyclic) bond motifs is 1. The summed E-state index contributed by atoms with van der Waals surface area (Å²) in [7, 11) is -0.366. The molecule has 1 aliphatic rings. The Morgan fingerprint density at radius 3 is 2.39 bits per heavy atom. The van der Waals surface area contributed by atoms with Gasteiger partial charge in [0.25, 0.3) is 10.0 Å². The summed E-state index contributed by atoms with van der Waals surface area (Å²) in [6.45, 7) is 0.998. The molecule has 12 heteroatoms. The highest BCUT2D eigenvalue weighted by Crippen LogP contribution is 2.35. The van der Waals surface area contributed by atoms with Gasteiger partial charge in [-0.05, 0) is 59.2 Å². The van der Waals surface area contributed by atoms with Gasteiger partial charge >= 0.3 is 0 Å². The van der Waals surface area contributed by atoms with E-state index in [9.17, 15) is 34.1 Å². The van der Waals surface area contributed by atoms with Crippen molar-refractivity contribution in [2.45, 2.75) is 37.6 Å². The van der Waals surface area contributed by atoms with Gasteiger partial charge in [0.1, 0.15) is 30.5 Å². The molecule has 1 aromatic heterocycles.